The molecule has 0 atom stereocenters. The highest BCUT2D eigenvalue weighted by Gasteiger charge is 2.22. The zero-order valence-corrected chi connectivity index (χ0v) is 20.2. The first-order valence-corrected chi connectivity index (χ1v) is 11.5. The quantitative estimate of drug-likeness (QED) is 0.399. The van der Waals surface area contributed by atoms with Crippen molar-refractivity contribution in [3.8, 4) is 0 Å². The van der Waals surface area contributed by atoms with Crippen LogP contribution >= 0.6 is 15.9 Å². The number of para-hydroxylation sites is 1. The van der Waals surface area contributed by atoms with Gasteiger partial charge in [-0.05, 0) is 52.2 Å². The van der Waals surface area contributed by atoms with Crippen molar-refractivity contribution in [1.29, 1.82) is 0 Å². The number of furan rings is 1. The van der Waals surface area contributed by atoms with Crippen LogP contribution in [-0.2, 0) is 22.5 Å². The molecule has 1 heterocycles. The third-order valence-electron chi connectivity index (χ3n) is 5.09. The fourth-order valence-corrected chi connectivity index (χ4v) is 3.65. The summed E-state index contributed by atoms with van der Waals surface area (Å²) in [6.45, 7) is 1.37. The number of hydrogen-bond acceptors (Lipinski definition) is 4. The van der Waals surface area contributed by atoms with E-state index < -0.39 is 0 Å². The fourth-order valence-electron chi connectivity index (χ4n) is 3.27. The SMILES string of the molecule is COCCN(CC(=O)N(CCc1ccccc1)Cc1ccco1)C(=O)Nc1ccccc1Br. The molecule has 1 aromatic heterocycles. The van der Waals surface area contributed by atoms with Crippen LogP contribution in [0.1, 0.15) is 11.3 Å². The van der Waals surface area contributed by atoms with Gasteiger partial charge < -0.3 is 24.3 Å². The highest BCUT2D eigenvalue weighted by Crippen LogP contribution is 2.21. The summed E-state index contributed by atoms with van der Waals surface area (Å²) >= 11 is 3.43. The molecule has 0 radical (unpaired) electrons. The van der Waals surface area contributed by atoms with Gasteiger partial charge in [0.05, 0.1) is 25.1 Å². The van der Waals surface area contributed by atoms with Crippen LogP contribution in [0.2, 0.25) is 0 Å². The standard InChI is InChI=1S/C25H28BrN3O4/c1-32-17-15-29(25(31)27-23-12-6-5-11-22(23)26)19-24(30)28(18-21-10-7-16-33-21)14-13-20-8-3-2-4-9-20/h2-12,16H,13-15,17-19H2,1H3,(H,27,31). The highest BCUT2D eigenvalue weighted by molar-refractivity contribution is 9.10. The van der Waals surface area contributed by atoms with Crippen LogP contribution in [0.25, 0.3) is 0 Å². The van der Waals surface area contributed by atoms with Crippen molar-refractivity contribution in [3.05, 3.63) is 88.8 Å². The number of benzene rings is 2. The van der Waals surface area contributed by atoms with Crippen molar-refractivity contribution in [2.75, 3.05) is 38.7 Å². The second-order valence-electron chi connectivity index (χ2n) is 7.45. The number of methoxy groups -OCH3 is 1. The van der Waals surface area contributed by atoms with Crippen molar-refractivity contribution < 1.29 is 18.7 Å². The van der Waals surface area contributed by atoms with E-state index in [0.717, 1.165) is 10.0 Å². The molecule has 1 N–H and O–H groups in total. The van der Waals surface area contributed by atoms with Gasteiger partial charge in [-0.2, -0.15) is 0 Å². The lowest BCUT2D eigenvalue weighted by atomic mass is 10.1. The summed E-state index contributed by atoms with van der Waals surface area (Å²) in [7, 11) is 1.56. The maximum absolute atomic E-state index is 13.3. The predicted octanol–water partition coefficient (Wildman–Crippen LogP) is 4.79. The number of urea groups is 1. The molecule has 0 bridgehead atoms. The predicted molar refractivity (Wildman–Crippen MR) is 131 cm³/mol. The van der Waals surface area contributed by atoms with E-state index in [1.807, 2.05) is 54.6 Å². The zero-order valence-electron chi connectivity index (χ0n) is 18.6. The first kappa shape index (κ1) is 24.5. The largest absolute Gasteiger partial charge is 0.467 e. The summed E-state index contributed by atoms with van der Waals surface area (Å²) in [5, 5.41) is 2.86. The monoisotopic (exact) mass is 513 g/mol. The Kier molecular flexibility index (Phi) is 9.53. The smallest absolute Gasteiger partial charge is 0.322 e. The number of nitrogens with zero attached hydrogens (tertiary/aromatic N) is 2. The fraction of sp³-hybridized carbons (Fsp3) is 0.280. The molecule has 0 aliphatic carbocycles. The summed E-state index contributed by atoms with van der Waals surface area (Å²) in [5.74, 6) is 0.526. The van der Waals surface area contributed by atoms with E-state index >= 15 is 0 Å². The van der Waals surface area contributed by atoms with Gasteiger partial charge in [0, 0.05) is 24.7 Å². The molecule has 0 spiro atoms. The molecule has 8 heteroatoms. The van der Waals surface area contributed by atoms with E-state index in [2.05, 4.69) is 21.2 Å². The van der Waals surface area contributed by atoms with E-state index in [0.29, 0.717) is 37.6 Å². The summed E-state index contributed by atoms with van der Waals surface area (Å²) in [6, 6.07) is 20.6. The van der Waals surface area contributed by atoms with Gasteiger partial charge in [0.2, 0.25) is 5.91 Å². The molecule has 0 saturated heterocycles. The number of halogens is 1. The topological polar surface area (TPSA) is 75.0 Å². The third kappa shape index (κ3) is 7.76. The lowest BCUT2D eigenvalue weighted by molar-refractivity contribution is -0.132. The molecule has 3 rings (SSSR count). The number of hydrogen-bond donors (Lipinski definition) is 1. The van der Waals surface area contributed by atoms with E-state index in [1.54, 1.807) is 30.4 Å². The number of rotatable bonds is 11. The van der Waals surface area contributed by atoms with Gasteiger partial charge in [0.1, 0.15) is 12.3 Å². The molecular formula is C25H28BrN3O4. The van der Waals surface area contributed by atoms with Crippen LogP contribution in [0.4, 0.5) is 10.5 Å². The molecule has 0 saturated carbocycles. The molecular weight excluding hydrogens is 486 g/mol. The number of nitrogens with one attached hydrogen (secondary N) is 1. The minimum Gasteiger partial charge on any atom is -0.467 e. The van der Waals surface area contributed by atoms with Crippen LogP contribution in [0.15, 0.2) is 81.9 Å². The van der Waals surface area contributed by atoms with Crippen LogP contribution < -0.4 is 5.32 Å². The average Bonchev–Trinajstić information content (AvgIpc) is 3.34. The summed E-state index contributed by atoms with van der Waals surface area (Å²) in [5.41, 5.74) is 1.77. The molecule has 174 valence electrons. The lowest BCUT2D eigenvalue weighted by Crippen LogP contribution is -2.46. The second-order valence-corrected chi connectivity index (χ2v) is 8.31. The zero-order chi connectivity index (χ0) is 23.5. The average molecular weight is 514 g/mol. The van der Waals surface area contributed by atoms with Gasteiger partial charge >= 0.3 is 6.03 Å². The van der Waals surface area contributed by atoms with Gasteiger partial charge in [0.15, 0.2) is 0 Å². The molecule has 0 fully saturated rings. The van der Waals surface area contributed by atoms with Crippen LogP contribution in [0, 0.1) is 0 Å². The highest BCUT2D eigenvalue weighted by atomic mass is 79.9. The second kappa shape index (κ2) is 12.8. The van der Waals surface area contributed by atoms with E-state index in [9.17, 15) is 9.59 Å². The molecule has 0 aliphatic heterocycles. The van der Waals surface area contributed by atoms with Gasteiger partial charge in [-0.15, -0.1) is 0 Å². The van der Waals surface area contributed by atoms with Gasteiger partial charge in [-0.3, -0.25) is 4.79 Å². The van der Waals surface area contributed by atoms with Crippen LogP contribution in [0.5, 0.6) is 0 Å². The van der Waals surface area contributed by atoms with E-state index in [1.165, 1.54) is 4.90 Å². The van der Waals surface area contributed by atoms with Crippen molar-refractivity contribution in [2.45, 2.75) is 13.0 Å². The van der Waals surface area contributed by atoms with Crippen molar-refractivity contribution >= 4 is 33.6 Å². The summed E-state index contributed by atoms with van der Waals surface area (Å²) in [6.07, 6.45) is 2.29. The number of carbonyl (C=O) groups excluding carboxylic acids is 2. The summed E-state index contributed by atoms with van der Waals surface area (Å²) in [4.78, 5) is 29.5. The Balaban J connectivity index is 1.70. The maximum atomic E-state index is 13.3. The first-order chi connectivity index (χ1) is 16.1. The number of amides is 3. The molecule has 3 aromatic rings. The van der Waals surface area contributed by atoms with Gasteiger partial charge in [-0.25, -0.2) is 4.79 Å². The molecule has 3 amide bonds. The molecule has 33 heavy (non-hydrogen) atoms. The lowest BCUT2D eigenvalue weighted by Gasteiger charge is -2.27. The number of anilines is 1. The summed E-state index contributed by atoms with van der Waals surface area (Å²) < 4.78 is 11.4. The van der Waals surface area contributed by atoms with Crippen LogP contribution in [0.3, 0.4) is 0 Å². The van der Waals surface area contributed by atoms with Crippen molar-refractivity contribution in [3.63, 3.8) is 0 Å². The molecule has 7 nitrogen and oxygen atoms in total. The maximum Gasteiger partial charge on any atom is 0.322 e. The third-order valence-corrected chi connectivity index (χ3v) is 5.78. The number of ether oxygens (including phenoxy) is 1. The minimum absolute atomic E-state index is 0.0743. The Morgan fingerprint density at radius 2 is 1.73 bits per heavy atom. The van der Waals surface area contributed by atoms with E-state index in [-0.39, 0.29) is 25.0 Å². The Labute approximate surface area is 202 Å². The normalized spacial score (nSPS) is 10.6. The Morgan fingerprint density at radius 3 is 2.42 bits per heavy atom. The van der Waals surface area contributed by atoms with Gasteiger partial charge in [-0.1, -0.05) is 42.5 Å². The van der Waals surface area contributed by atoms with Gasteiger partial charge in [0.25, 0.3) is 0 Å². The Hall–Kier alpha value is -3.10. The first-order valence-electron chi connectivity index (χ1n) is 10.7. The van der Waals surface area contributed by atoms with Crippen LogP contribution in [-0.4, -0.2) is 55.1 Å². The van der Waals surface area contributed by atoms with Crippen molar-refractivity contribution in [2.24, 2.45) is 0 Å². The van der Waals surface area contributed by atoms with Crippen molar-refractivity contribution in [1.82, 2.24) is 9.80 Å². The van der Waals surface area contributed by atoms with E-state index in [4.69, 9.17) is 9.15 Å². The molecule has 2 aromatic carbocycles. The Bertz CT molecular complexity index is 1010. The molecule has 0 unspecified atom stereocenters. The molecule has 0 aliphatic rings. The Morgan fingerprint density at radius 1 is 0.970 bits per heavy atom. The number of carbonyl (C=O) groups is 2. The minimum atomic E-state index is -0.367.